The van der Waals surface area contributed by atoms with Crippen molar-refractivity contribution in [2.45, 2.75) is 27.2 Å². The van der Waals surface area contributed by atoms with Gasteiger partial charge < -0.3 is 9.47 Å². The number of hydrogen-bond acceptors (Lipinski definition) is 2. The summed E-state index contributed by atoms with van der Waals surface area (Å²) in [6.45, 7) is 8.44. The first-order chi connectivity index (χ1) is 7.25. The van der Waals surface area contributed by atoms with Crippen molar-refractivity contribution in [1.29, 1.82) is 0 Å². The van der Waals surface area contributed by atoms with E-state index >= 15 is 0 Å². The Morgan fingerprint density at radius 2 is 1.73 bits per heavy atom. The molecule has 0 radical (unpaired) electrons. The third-order valence-corrected chi connectivity index (χ3v) is 2.29. The molecule has 1 aromatic rings. The molecule has 0 N–H and O–H groups in total. The summed E-state index contributed by atoms with van der Waals surface area (Å²) in [5, 5.41) is 0. The quantitative estimate of drug-likeness (QED) is 0.669. The van der Waals surface area contributed by atoms with Crippen LogP contribution in [0.15, 0.2) is 18.2 Å². The van der Waals surface area contributed by atoms with E-state index in [4.69, 9.17) is 9.47 Å². The SMILES string of the molecule is CCOCCCOc1c(C)cccc1C. The Hall–Kier alpha value is -1.02. The third-order valence-electron chi connectivity index (χ3n) is 2.29. The Morgan fingerprint density at radius 1 is 1.07 bits per heavy atom. The largest absolute Gasteiger partial charge is 0.493 e. The molecular formula is C13H20O2. The molecule has 0 aliphatic heterocycles. The van der Waals surface area contributed by atoms with Gasteiger partial charge in [-0.15, -0.1) is 0 Å². The summed E-state index contributed by atoms with van der Waals surface area (Å²) < 4.78 is 11.0. The van der Waals surface area contributed by atoms with Crippen molar-refractivity contribution >= 4 is 0 Å². The molecule has 0 atom stereocenters. The highest BCUT2D eigenvalue weighted by Gasteiger charge is 2.02. The number of rotatable bonds is 6. The lowest BCUT2D eigenvalue weighted by atomic mass is 10.1. The standard InChI is InChI=1S/C13H20O2/c1-4-14-9-6-10-15-13-11(2)7-5-8-12(13)3/h5,7-8H,4,6,9-10H2,1-3H3. The van der Waals surface area contributed by atoms with E-state index in [1.54, 1.807) is 0 Å². The minimum atomic E-state index is 0.728. The van der Waals surface area contributed by atoms with Crippen LogP contribution in [0.25, 0.3) is 0 Å². The Bertz CT molecular complexity index is 274. The van der Waals surface area contributed by atoms with Crippen LogP contribution in [0.4, 0.5) is 0 Å². The normalized spacial score (nSPS) is 10.3. The van der Waals surface area contributed by atoms with Gasteiger partial charge in [0.05, 0.1) is 6.61 Å². The van der Waals surface area contributed by atoms with Crippen LogP contribution in [0.1, 0.15) is 24.5 Å². The molecule has 0 saturated carbocycles. The van der Waals surface area contributed by atoms with Crippen molar-refractivity contribution < 1.29 is 9.47 Å². The van der Waals surface area contributed by atoms with Gasteiger partial charge in [0, 0.05) is 19.6 Å². The fraction of sp³-hybridized carbons (Fsp3) is 0.538. The molecule has 0 fully saturated rings. The van der Waals surface area contributed by atoms with Crippen molar-refractivity contribution in [2.75, 3.05) is 19.8 Å². The second kappa shape index (κ2) is 6.46. The Labute approximate surface area is 92.2 Å². The molecule has 1 aromatic carbocycles. The van der Waals surface area contributed by atoms with Crippen LogP contribution in [0.2, 0.25) is 0 Å². The van der Waals surface area contributed by atoms with E-state index < -0.39 is 0 Å². The van der Waals surface area contributed by atoms with Crippen molar-refractivity contribution in [3.63, 3.8) is 0 Å². The van der Waals surface area contributed by atoms with E-state index in [9.17, 15) is 0 Å². The van der Waals surface area contributed by atoms with Crippen LogP contribution in [-0.2, 0) is 4.74 Å². The fourth-order valence-electron chi connectivity index (χ4n) is 1.51. The lowest BCUT2D eigenvalue weighted by Crippen LogP contribution is -2.04. The molecule has 84 valence electrons. The fourth-order valence-corrected chi connectivity index (χ4v) is 1.51. The van der Waals surface area contributed by atoms with E-state index in [-0.39, 0.29) is 0 Å². The molecular weight excluding hydrogens is 188 g/mol. The topological polar surface area (TPSA) is 18.5 Å². The molecule has 0 aliphatic rings. The maximum Gasteiger partial charge on any atom is 0.125 e. The Morgan fingerprint density at radius 3 is 2.33 bits per heavy atom. The second-order valence-electron chi connectivity index (χ2n) is 3.62. The average molecular weight is 208 g/mol. The van der Waals surface area contributed by atoms with Gasteiger partial charge in [-0.1, -0.05) is 18.2 Å². The molecule has 15 heavy (non-hydrogen) atoms. The van der Waals surface area contributed by atoms with Crippen LogP contribution >= 0.6 is 0 Å². The molecule has 0 unspecified atom stereocenters. The van der Waals surface area contributed by atoms with Crippen LogP contribution in [0.3, 0.4) is 0 Å². The zero-order valence-electron chi connectivity index (χ0n) is 9.88. The molecule has 2 nitrogen and oxygen atoms in total. The van der Waals surface area contributed by atoms with E-state index in [0.29, 0.717) is 0 Å². The van der Waals surface area contributed by atoms with Crippen molar-refractivity contribution in [3.05, 3.63) is 29.3 Å². The number of aryl methyl sites for hydroxylation is 2. The molecule has 0 aromatic heterocycles. The second-order valence-corrected chi connectivity index (χ2v) is 3.62. The molecule has 0 spiro atoms. The van der Waals surface area contributed by atoms with Gasteiger partial charge in [-0.2, -0.15) is 0 Å². The monoisotopic (exact) mass is 208 g/mol. The number of hydrogen-bond donors (Lipinski definition) is 0. The van der Waals surface area contributed by atoms with Crippen LogP contribution in [0.5, 0.6) is 5.75 Å². The van der Waals surface area contributed by atoms with Crippen LogP contribution < -0.4 is 4.74 Å². The summed E-state index contributed by atoms with van der Waals surface area (Å²) in [6.07, 6.45) is 0.946. The summed E-state index contributed by atoms with van der Waals surface area (Å²) in [4.78, 5) is 0. The van der Waals surface area contributed by atoms with E-state index in [0.717, 1.165) is 32.0 Å². The highest BCUT2D eigenvalue weighted by molar-refractivity contribution is 5.39. The zero-order chi connectivity index (χ0) is 11.1. The molecule has 1 rings (SSSR count). The summed E-state index contributed by atoms with van der Waals surface area (Å²) in [6, 6.07) is 6.20. The van der Waals surface area contributed by atoms with Gasteiger partial charge in [0.25, 0.3) is 0 Å². The zero-order valence-corrected chi connectivity index (χ0v) is 9.88. The van der Waals surface area contributed by atoms with Crippen molar-refractivity contribution in [2.24, 2.45) is 0 Å². The lowest BCUT2D eigenvalue weighted by molar-refractivity contribution is 0.130. The smallest absolute Gasteiger partial charge is 0.125 e. The number of benzene rings is 1. The maximum absolute atomic E-state index is 5.73. The molecule has 0 amide bonds. The first-order valence-electron chi connectivity index (χ1n) is 5.52. The van der Waals surface area contributed by atoms with E-state index in [2.05, 4.69) is 32.0 Å². The predicted octanol–water partition coefficient (Wildman–Crippen LogP) is 3.11. The summed E-state index contributed by atoms with van der Waals surface area (Å²) in [5.74, 6) is 1.02. The predicted molar refractivity (Wildman–Crippen MR) is 62.5 cm³/mol. The third kappa shape index (κ3) is 3.92. The minimum Gasteiger partial charge on any atom is -0.493 e. The Kier molecular flexibility index (Phi) is 5.19. The Balaban J connectivity index is 2.37. The molecule has 0 saturated heterocycles. The van der Waals surface area contributed by atoms with E-state index in [1.807, 2.05) is 6.92 Å². The van der Waals surface area contributed by atoms with Gasteiger partial charge in [0.1, 0.15) is 5.75 Å². The minimum absolute atomic E-state index is 0.728. The number of ether oxygens (including phenoxy) is 2. The first kappa shape index (κ1) is 12.1. The highest BCUT2D eigenvalue weighted by Crippen LogP contribution is 2.22. The molecule has 0 heterocycles. The molecule has 0 bridgehead atoms. The van der Waals surface area contributed by atoms with Gasteiger partial charge in [0.2, 0.25) is 0 Å². The highest BCUT2D eigenvalue weighted by atomic mass is 16.5. The molecule has 2 heteroatoms. The van der Waals surface area contributed by atoms with Crippen LogP contribution in [0, 0.1) is 13.8 Å². The summed E-state index contributed by atoms with van der Waals surface area (Å²) >= 11 is 0. The maximum atomic E-state index is 5.73. The molecule has 0 aliphatic carbocycles. The first-order valence-corrected chi connectivity index (χ1v) is 5.52. The van der Waals surface area contributed by atoms with Gasteiger partial charge in [-0.25, -0.2) is 0 Å². The van der Waals surface area contributed by atoms with Crippen molar-refractivity contribution in [1.82, 2.24) is 0 Å². The van der Waals surface area contributed by atoms with Gasteiger partial charge >= 0.3 is 0 Å². The lowest BCUT2D eigenvalue weighted by Gasteiger charge is -2.11. The van der Waals surface area contributed by atoms with Crippen molar-refractivity contribution in [3.8, 4) is 5.75 Å². The average Bonchev–Trinajstić information content (AvgIpc) is 2.21. The van der Waals surface area contributed by atoms with Gasteiger partial charge in [0.15, 0.2) is 0 Å². The number of para-hydroxylation sites is 1. The van der Waals surface area contributed by atoms with Gasteiger partial charge in [-0.3, -0.25) is 0 Å². The van der Waals surface area contributed by atoms with E-state index in [1.165, 1.54) is 11.1 Å². The summed E-state index contributed by atoms with van der Waals surface area (Å²) in [7, 11) is 0. The van der Waals surface area contributed by atoms with Gasteiger partial charge in [-0.05, 0) is 31.9 Å². The van der Waals surface area contributed by atoms with Crippen LogP contribution in [-0.4, -0.2) is 19.8 Å². The summed E-state index contributed by atoms with van der Waals surface area (Å²) in [5.41, 5.74) is 2.40.